The van der Waals surface area contributed by atoms with Crippen LogP contribution < -0.4 is 11.1 Å². The summed E-state index contributed by atoms with van der Waals surface area (Å²) in [5, 5.41) is 6.11. The molecule has 0 aliphatic carbocycles. The lowest BCUT2D eigenvalue weighted by molar-refractivity contribution is -0.120. The Kier molecular flexibility index (Phi) is 5.54. The molecule has 0 aliphatic heterocycles. The van der Waals surface area contributed by atoms with Crippen LogP contribution in [0.4, 0.5) is 10.1 Å². The average Bonchev–Trinajstić information content (AvgIpc) is 2.51. The predicted molar refractivity (Wildman–Crippen MR) is 87.9 cm³/mol. The number of rotatable bonds is 5. The molecule has 0 fully saturated rings. The number of halogens is 2. The lowest BCUT2D eigenvalue weighted by atomic mass is 10.1. The molecule has 5 nitrogen and oxygen atoms in total. The first-order valence-electron chi connectivity index (χ1n) is 6.73. The molecule has 2 aromatic rings. The summed E-state index contributed by atoms with van der Waals surface area (Å²) in [6, 6.07) is 11.2. The second-order valence-corrected chi connectivity index (χ2v) is 5.20. The molecule has 0 atom stereocenters. The van der Waals surface area contributed by atoms with Crippen LogP contribution in [0.2, 0.25) is 5.02 Å². The van der Waals surface area contributed by atoms with Crippen molar-refractivity contribution < 1.29 is 14.0 Å². The second kappa shape index (κ2) is 7.60. The van der Waals surface area contributed by atoms with Crippen molar-refractivity contribution in [2.75, 3.05) is 11.9 Å². The van der Waals surface area contributed by atoms with Gasteiger partial charge in [0, 0.05) is 11.3 Å². The van der Waals surface area contributed by atoms with Crippen molar-refractivity contribution in [2.24, 2.45) is 10.9 Å². The Labute approximate surface area is 137 Å². The number of hydrogen-bond donors (Lipinski definition) is 2. The predicted octanol–water partition coefficient (Wildman–Crippen LogP) is 3.06. The number of amides is 1. The van der Waals surface area contributed by atoms with Crippen LogP contribution in [0.25, 0.3) is 0 Å². The first kappa shape index (κ1) is 16.8. The summed E-state index contributed by atoms with van der Waals surface area (Å²) in [4.78, 5) is 16.6. The highest BCUT2D eigenvalue weighted by molar-refractivity contribution is 6.31. The first-order chi connectivity index (χ1) is 11.0. The molecule has 0 radical (unpaired) electrons. The maximum atomic E-state index is 13.0. The maximum Gasteiger partial charge on any atom is 0.265 e. The minimum Gasteiger partial charge on any atom is -0.384 e. The molecule has 2 rings (SSSR count). The van der Waals surface area contributed by atoms with Gasteiger partial charge in [-0.05, 0) is 25.1 Å². The molecule has 0 aromatic heterocycles. The van der Waals surface area contributed by atoms with E-state index < -0.39 is 11.7 Å². The van der Waals surface area contributed by atoms with Gasteiger partial charge < -0.3 is 15.9 Å². The van der Waals surface area contributed by atoms with Crippen molar-refractivity contribution in [1.82, 2.24) is 0 Å². The van der Waals surface area contributed by atoms with Crippen molar-refractivity contribution in [1.29, 1.82) is 0 Å². The number of anilines is 1. The van der Waals surface area contributed by atoms with E-state index in [1.54, 1.807) is 12.1 Å². The molecule has 0 unspecified atom stereocenters. The number of nitrogens with two attached hydrogens (primary N) is 1. The van der Waals surface area contributed by atoms with Crippen LogP contribution in [-0.2, 0) is 9.63 Å². The van der Waals surface area contributed by atoms with Crippen LogP contribution in [0, 0.1) is 12.7 Å². The number of aryl methyl sites for hydroxylation is 1. The van der Waals surface area contributed by atoms with E-state index in [0.29, 0.717) is 11.3 Å². The van der Waals surface area contributed by atoms with Gasteiger partial charge in [-0.15, -0.1) is 0 Å². The molecule has 23 heavy (non-hydrogen) atoms. The summed E-state index contributed by atoms with van der Waals surface area (Å²) in [7, 11) is 0. The summed E-state index contributed by atoms with van der Waals surface area (Å²) in [5.41, 5.74) is 7.91. The Morgan fingerprint density at radius 1 is 1.30 bits per heavy atom. The molecule has 0 heterocycles. The smallest absolute Gasteiger partial charge is 0.265 e. The van der Waals surface area contributed by atoms with E-state index in [0.717, 1.165) is 11.6 Å². The zero-order chi connectivity index (χ0) is 16.8. The minimum atomic E-state index is -0.559. The second-order valence-electron chi connectivity index (χ2n) is 4.79. The fourth-order valence-electron chi connectivity index (χ4n) is 1.71. The summed E-state index contributed by atoms with van der Waals surface area (Å²) in [5.74, 6) is -0.854. The standard InChI is InChI=1S/C16H15ClFN3O2/c1-10-2-4-11(5-3-10)16(19)21-23-9-15(22)20-12-6-7-14(18)13(17)8-12/h2-8H,9H2,1H3,(H2,19,21)(H,20,22). The van der Waals surface area contributed by atoms with Gasteiger partial charge in [-0.1, -0.05) is 46.6 Å². The third-order valence-corrected chi connectivity index (χ3v) is 3.20. The summed E-state index contributed by atoms with van der Waals surface area (Å²) in [6.45, 7) is 1.63. The number of hydrogen-bond acceptors (Lipinski definition) is 3. The van der Waals surface area contributed by atoms with Crippen molar-refractivity contribution in [2.45, 2.75) is 6.92 Å². The Balaban J connectivity index is 1.87. The van der Waals surface area contributed by atoms with Gasteiger partial charge in [0.1, 0.15) is 5.82 Å². The van der Waals surface area contributed by atoms with Crippen molar-refractivity contribution >= 4 is 29.0 Å². The van der Waals surface area contributed by atoms with E-state index in [1.165, 1.54) is 12.1 Å². The van der Waals surface area contributed by atoms with E-state index >= 15 is 0 Å². The van der Waals surface area contributed by atoms with Crippen LogP contribution in [0.15, 0.2) is 47.6 Å². The van der Waals surface area contributed by atoms with E-state index in [1.807, 2.05) is 19.1 Å². The quantitative estimate of drug-likeness (QED) is 0.501. The van der Waals surface area contributed by atoms with Crippen molar-refractivity contribution in [3.63, 3.8) is 0 Å². The fourth-order valence-corrected chi connectivity index (χ4v) is 1.89. The Morgan fingerprint density at radius 2 is 2.00 bits per heavy atom. The summed E-state index contributed by atoms with van der Waals surface area (Å²) >= 11 is 5.63. The molecule has 0 saturated carbocycles. The minimum absolute atomic E-state index is 0.0784. The van der Waals surface area contributed by atoms with Crippen LogP contribution in [0.1, 0.15) is 11.1 Å². The molecule has 2 aromatic carbocycles. The average molecular weight is 336 g/mol. The van der Waals surface area contributed by atoms with Crippen LogP contribution in [0.5, 0.6) is 0 Å². The van der Waals surface area contributed by atoms with Gasteiger partial charge in [-0.3, -0.25) is 4.79 Å². The number of nitrogens with one attached hydrogen (secondary N) is 1. The molecule has 0 bridgehead atoms. The molecule has 0 saturated heterocycles. The first-order valence-corrected chi connectivity index (χ1v) is 7.11. The highest BCUT2D eigenvalue weighted by atomic mass is 35.5. The van der Waals surface area contributed by atoms with Crippen LogP contribution in [0.3, 0.4) is 0 Å². The third kappa shape index (κ3) is 4.96. The van der Waals surface area contributed by atoms with Crippen molar-refractivity contribution in [3.8, 4) is 0 Å². The topological polar surface area (TPSA) is 76.7 Å². The van der Waals surface area contributed by atoms with E-state index in [9.17, 15) is 9.18 Å². The number of nitrogens with zero attached hydrogens (tertiary/aromatic N) is 1. The monoisotopic (exact) mass is 335 g/mol. The molecule has 3 N–H and O–H groups in total. The summed E-state index contributed by atoms with van der Waals surface area (Å²) < 4.78 is 13.0. The van der Waals surface area contributed by atoms with Gasteiger partial charge >= 0.3 is 0 Å². The number of benzene rings is 2. The highest BCUT2D eigenvalue weighted by Crippen LogP contribution is 2.19. The molecule has 1 amide bonds. The molecule has 0 spiro atoms. The lowest BCUT2D eigenvalue weighted by Crippen LogP contribution is -2.19. The fraction of sp³-hybridized carbons (Fsp3) is 0.125. The van der Waals surface area contributed by atoms with Crippen molar-refractivity contribution in [3.05, 3.63) is 64.4 Å². The third-order valence-electron chi connectivity index (χ3n) is 2.91. The maximum absolute atomic E-state index is 13.0. The van der Waals surface area contributed by atoms with Gasteiger partial charge in [0.15, 0.2) is 12.4 Å². The zero-order valence-electron chi connectivity index (χ0n) is 12.3. The number of carbonyl (C=O) groups is 1. The van der Waals surface area contributed by atoms with E-state index in [-0.39, 0.29) is 17.5 Å². The highest BCUT2D eigenvalue weighted by Gasteiger charge is 2.06. The largest absolute Gasteiger partial charge is 0.384 e. The number of oxime groups is 1. The SMILES string of the molecule is Cc1ccc(/C(N)=N\OCC(=O)Nc2ccc(F)c(Cl)c2)cc1. The Morgan fingerprint density at radius 3 is 2.65 bits per heavy atom. The molecule has 0 aliphatic rings. The van der Waals surface area contributed by atoms with E-state index in [4.69, 9.17) is 22.2 Å². The van der Waals surface area contributed by atoms with Gasteiger partial charge in [-0.25, -0.2) is 4.39 Å². The van der Waals surface area contributed by atoms with Gasteiger partial charge in [0.2, 0.25) is 0 Å². The van der Waals surface area contributed by atoms with Crippen LogP contribution in [-0.4, -0.2) is 18.3 Å². The number of carbonyl (C=O) groups excluding carboxylic acids is 1. The molecular formula is C16H15ClFN3O2. The molecular weight excluding hydrogens is 321 g/mol. The van der Waals surface area contributed by atoms with Gasteiger partial charge in [0.05, 0.1) is 5.02 Å². The van der Waals surface area contributed by atoms with Crippen LogP contribution >= 0.6 is 11.6 Å². The lowest BCUT2D eigenvalue weighted by Gasteiger charge is -2.06. The molecule has 120 valence electrons. The zero-order valence-corrected chi connectivity index (χ0v) is 13.1. The summed E-state index contributed by atoms with van der Waals surface area (Å²) in [6.07, 6.45) is 0. The Bertz CT molecular complexity index is 733. The van der Waals surface area contributed by atoms with Gasteiger partial charge in [0.25, 0.3) is 5.91 Å². The van der Waals surface area contributed by atoms with E-state index in [2.05, 4.69) is 10.5 Å². The molecule has 7 heteroatoms. The Hall–Kier alpha value is -2.60. The van der Waals surface area contributed by atoms with Gasteiger partial charge in [-0.2, -0.15) is 0 Å². The normalized spacial score (nSPS) is 11.2. The number of amidine groups is 1.